The van der Waals surface area contributed by atoms with Gasteiger partial charge in [0.15, 0.2) is 0 Å². The van der Waals surface area contributed by atoms with Crippen molar-refractivity contribution in [3.8, 4) is 0 Å². The summed E-state index contributed by atoms with van der Waals surface area (Å²) in [5.74, 6) is -2.49. The van der Waals surface area contributed by atoms with E-state index >= 15 is 0 Å². The molecule has 14 heavy (non-hydrogen) atoms. The Morgan fingerprint density at radius 3 is 2.71 bits per heavy atom. The number of fused-ring (bicyclic) bond motifs is 1. The molecule has 0 aliphatic heterocycles. The second-order valence-corrected chi connectivity index (χ2v) is 3.25. The number of carbonyl (C=O) groups is 1. The number of aliphatic carboxylic acids is 1. The van der Waals surface area contributed by atoms with Crippen LogP contribution in [0.3, 0.4) is 0 Å². The van der Waals surface area contributed by atoms with Crippen LogP contribution >= 0.6 is 0 Å². The number of carboxylic acid groups (broad SMARTS) is 1. The second-order valence-electron chi connectivity index (χ2n) is 3.25. The van der Waals surface area contributed by atoms with Crippen LogP contribution in [0.1, 0.15) is 17.5 Å². The van der Waals surface area contributed by atoms with E-state index in [1.165, 1.54) is 0 Å². The van der Waals surface area contributed by atoms with Gasteiger partial charge >= 0.3 is 5.97 Å². The quantitative estimate of drug-likeness (QED) is 0.693. The highest BCUT2D eigenvalue weighted by atomic mass is 19.1. The minimum atomic E-state index is -1.48. The molecule has 1 N–H and O–H groups in total. The highest BCUT2D eigenvalue weighted by molar-refractivity contribution is 5.95. The van der Waals surface area contributed by atoms with Crippen molar-refractivity contribution in [1.29, 1.82) is 0 Å². The van der Waals surface area contributed by atoms with Crippen molar-refractivity contribution in [1.82, 2.24) is 0 Å². The Morgan fingerprint density at radius 2 is 2.00 bits per heavy atom. The first-order valence-electron chi connectivity index (χ1n) is 4.40. The van der Waals surface area contributed by atoms with Crippen molar-refractivity contribution in [3.63, 3.8) is 0 Å². The van der Waals surface area contributed by atoms with Crippen molar-refractivity contribution >= 4 is 11.5 Å². The molecule has 0 unspecified atom stereocenters. The Bertz CT molecular complexity index is 421. The fourth-order valence-corrected chi connectivity index (χ4v) is 1.78. The third-order valence-electron chi connectivity index (χ3n) is 2.44. The maximum absolute atomic E-state index is 13.2. The van der Waals surface area contributed by atoms with E-state index in [4.69, 9.17) is 5.11 Å². The van der Waals surface area contributed by atoms with Gasteiger partial charge in [0.1, 0.15) is 0 Å². The van der Waals surface area contributed by atoms with Crippen LogP contribution in [0, 0.1) is 0 Å². The molecule has 2 rings (SSSR count). The molecule has 1 aromatic rings. The van der Waals surface area contributed by atoms with Gasteiger partial charge in [-0.05, 0) is 24.0 Å². The number of rotatable bonds is 1. The first kappa shape index (κ1) is 8.94. The average Bonchev–Trinajstić information content (AvgIpc) is 2.60. The molecule has 0 heterocycles. The fraction of sp³-hybridized carbons (Fsp3) is 0.182. The highest BCUT2D eigenvalue weighted by Gasteiger charge is 2.22. The van der Waals surface area contributed by atoms with Gasteiger partial charge in [0, 0.05) is 5.57 Å². The zero-order valence-corrected chi connectivity index (χ0v) is 7.46. The van der Waals surface area contributed by atoms with Crippen molar-refractivity contribution in [3.05, 3.63) is 41.2 Å². The van der Waals surface area contributed by atoms with Crippen LogP contribution in [0.5, 0.6) is 0 Å². The van der Waals surface area contributed by atoms with Gasteiger partial charge in [0.05, 0.1) is 0 Å². The third-order valence-corrected chi connectivity index (χ3v) is 2.44. The van der Waals surface area contributed by atoms with Crippen molar-refractivity contribution in [2.24, 2.45) is 0 Å². The molecular formula is C11H9FO2. The highest BCUT2D eigenvalue weighted by Crippen LogP contribution is 2.34. The summed E-state index contributed by atoms with van der Waals surface area (Å²) in [5, 5.41) is 8.54. The van der Waals surface area contributed by atoms with E-state index in [9.17, 15) is 9.18 Å². The molecule has 2 nitrogen and oxygen atoms in total. The Morgan fingerprint density at radius 1 is 1.29 bits per heavy atom. The molecule has 0 radical (unpaired) electrons. The van der Waals surface area contributed by atoms with Crippen molar-refractivity contribution in [2.45, 2.75) is 12.8 Å². The lowest BCUT2D eigenvalue weighted by atomic mass is 10.1. The van der Waals surface area contributed by atoms with Gasteiger partial charge in [-0.25, -0.2) is 4.79 Å². The monoisotopic (exact) mass is 192 g/mol. The van der Waals surface area contributed by atoms with E-state index < -0.39 is 11.8 Å². The fourth-order valence-electron chi connectivity index (χ4n) is 1.78. The Kier molecular flexibility index (Phi) is 2.08. The number of halogens is 1. The zero-order chi connectivity index (χ0) is 10.1. The first-order valence-corrected chi connectivity index (χ1v) is 4.40. The van der Waals surface area contributed by atoms with Crippen LogP contribution in [-0.4, -0.2) is 11.1 Å². The Hall–Kier alpha value is -1.64. The number of hydrogen-bond donors (Lipinski definition) is 1. The van der Waals surface area contributed by atoms with Gasteiger partial charge in [-0.3, -0.25) is 0 Å². The normalized spacial score (nSPS) is 17.8. The summed E-state index contributed by atoms with van der Waals surface area (Å²) in [4.78, 5) is 10.5. The summed E-state index contributed by atoms with van der Waals surface area (Å²) in [6.45, 7) is 0. The molecule has 0 saturated carbocycles. The van der Waals surface area contributed by atoms with E-state index in [0.29, 0.717) is 12.0 Å². The minimum Gasteiger partial charge on any atom is -0.476 e. The van der Waals surface area contributed by atoms with Gasteiger partial charge in [-0.2, -0.15) is 4.39 Å². The molecule has 1 aromatic carbocycles. The summed E-state index contributed by atoms with van der Waals surface area (Å²) >= 11 is 0. The van der Waals surface area contributed by atoms with E-state index in [-0.39, 0.29) is 0 Å². The maximum Gasteiger partial charge on any atom is 0.365 e. The van der Waals surface area contributed by atoms with Gasteiger partial charge < -0.3 is 5.11 Å². The summed E-state index contributed by atoms with van der Waals surface area (Å²) in [7, 11) is 0. The summed E-state index contributed by atoms with van der Waals surface area (Å²) in [6.07, 6.45) is 1.21. The SMILES string of the molecule is O=C(O)C(F)=C1CCc2ccccc21. The van der Waals surface area contributed by atoms with Gasteiger partial charge in [-0.1, -0.05) is 24.3 Å². The summed E-state index contributed by atoms with van der Waals surface area (Å²) in [6, 6.07) is 7.33. The molecule has 1 aliphatic carbocycles. The van der Waals surface area contributed by atoms with Crippen LogP contribution in [-0.2, 0) is 11.2 Å². The number of aryl methyl sites for hydroxylation is 1. The van der Waals surface area contributed by atoms with Crippen LogP contribution in [0.2, 0.25) is 0 Å². The van der Waals surface area contributed by atoms with E-state index in [1.807, 2.05) is 12.1 Å². The van der Waals surface area contributed by atoms with E-state index in [1.54, 1.807) is 12.1 Å². The molecule has 3 heteroatoms. The van der Waals surface area contributed by atoms with Crippen molar-refractivity contribution in [2.75, 3.05) is 0 Å². The zero-order valence-electron chi connectivity index (χ0n) is 7.46. The third kappa shape index (κ3) is 1.31. The second kappa shape index (κ2) is 3.25. The van der Waals surface area contributed by atoms with Crippen LogP contribution in [0.15, 0.2) is 30.1 Å². The molecular weight excluding hydrogens is 183 g/mol. The maximum atomic E-state index is 13.2. The molecule has 0 bridgehead atoms. The molecule has 72 valence electrons. The number of carboxylic acids is 1. The Balaban J connectivity index is 2.54. The topological polar surface area (TPSA) is 37.3 Å². The van der Waals surface area contributed by atoms with E-state index in [2.05, 4.69) is 0 Å². The lowest BCUT2D eigenvalue weighted by molar-refractivity contribution is -0.134. The molecule has 0 fully saturated rings. The average molecular weight is 192 g/mol. The van der Waals surface area contributed by atoms with Crippen LogP contribution < -0.4 is 0 Å². The molecule has 0 spiro atoms. The van der Waals surface area contributed by atoms with Crippen LogP contribution in [0.4, 0.5) is 4.39 Å². The predicted octanol–water partition coefficient (Wildman–Crippen LogP) is 2.40. The van der Waals surface area contributed by atoms with Gasteiger partial charge in [-0.15, -0.1) is 0 Å². The smallest absolute Gasteiger partial charge is 0.365 e. The van der Waals surface area contributed by atoms with Gasteiger partial charge in [0.25, 0.3) is 0 Å². The lowest BCUT2D eigenvalue weighted by Crippen LogP contribution is -1.97. The number of allylic oxidation sites excluding steroid dienone is 1. The summed E-state index contributed by atoms with van der Waals surface area (Å²) < 4.78 is 13.2. The van der Waals surface area contributed by atoms with Crippen molar-refractivity contribution < 1.29 is 14.3 Å². The first-order chi connectivity index (χ1) is 6.70. The molecule has 0 amide bonds. The minimum absolute atomic E-state index is 0.327. The molecule has 0 saturated heterocycles. The van der Waals surface area contributed by atoms with Gasteiger partial charge in [0.2, 0.25) is 5.83 Å². The molecule has 0 aromatic heterocycles. The number of benzene rings is 1. The summed E-state index contributed by atoms with van der Waals surface area (Å²) in [5.41, 5.74) is 2.10. The standard InChI is InChI=1S/C11H9FO2/c12-10(11(13)14)9-6-5-7-3-1-2-4-8(7)9/h1-4H,5-6H2,(H,13,14). The lowest BCUT2D eigenvalue weighted by Gasteiger charge is -2.00. The Labute approximate surface area is 80.7 Å². The van der Waals surface area contributed by atoms with Crippen LogP contribution in [0.25, 0.3) is 5.57 Å². The number of hydrogen-bond acceptors (Lipinski definition) is 1. The predicted molar refractivity (Wildman–Crippen MR) is 50.4 cm³/mol. The molecule has 1 aliphatic rings. The molecule has 0 atom stereocenters. The largest absolute Gasteiger partial charge is 0.476 e. The van der Waals surface area contributed by atoms with E-state index in [0.717, 1.165) is 17.5 Å².